The van der Waals surface area contributed by atoms with Crippen LogP contribution in [0.4, 0.5) is 4.39 Å². The molecule has 0 amide bonds. The summed E-state index contributed by atoms with van der Waals surface area (Å²) in [5.74, 6) is -0.332. The second kappa shape index (κ2) is 4.55. The molecule has 3 aromatic heterocycles. The van der Waals surface area contributed by atoms with Gasteiger partial charge >= 0.3 is 0 Å². The van der Waals surface area contributed by atoms with Gasteiger partial charge in [0.1, 0.15) is 16.5 Å². The summed E-state index contributed by atoms with van der Waals surface area (Å²) in [4.78, 5) is 12.2. The zero-order valence-electron chi connectivity index (χ0n) is 9.96. The van der Waals surface area contributed by atoms with Crippen molar-refractivity contribution in [3.63, 3.8) is 0 Å². The van der Waals surface area contributed by atoms with Crippen LogP contribution in [-0.4, -0.2) is 24.7 Å². The third-order valence-corrected chi connectivity index (χ3v) is 3.07. The minimum Gasteiger partial charge on any atom is -0.264 e. The summed E-state index contributed by atoms with van der Waals surface area (Å²) in [6, 6.07) is 0.967. The summed E-state index contributed by atoms with van der Waals surface area (Å²) >= 11 is 5.83. The molecule has 0 saturated heterocycles. The Hall–Kier alpha value is -2.08. The first-order valence-corrected chi connectivity index (χ1v) is 6.00. The Kier molecular flexibility index (Phi) is 2.87. The number of halogens is 2. The van der Waals surface area contributed by atoms with Crippen molar-refractivity contribution in [3.8, 4) is 0 Å². The molecule has 0 aliphatic heterocycles. The second-order valence-corrected chi connectivity index (χ2v) is 4.45. The van der Waals surface area contributed by atoms with E-state index < -0.39 is 0 Å². The summed E-state index contributed by atoms with van der Waals surface area (Å²) in [5, 5.41) is 4.46. The van der Waals surface area contributed by atoms with Crippen LogP contribution in [0.5, 0.6) is 0 Å². The van der Waals surface area contributed by atoms with E-state index in [2.05, 4.69) is 20.1 Å². The molecule has 0 radical (unpaired) electrons. The second-order valence-electron chi connectivity index (χ2n) is 4.06. The molecule has 5 nitrogen and oxygen atoms in total. The van der Waals surface area contributed by atoms with Crippen molar-refractivity contribution in [2.24, 2.45) is 0 Å². The molecule has 1 unspecified atom stereocenters. The Morgan fingerprint density at radius 2 is 2.16 bits per heavy atom. The van der Waals surface area contributed by atoms with Gasteiger partial charge in [0, 0.05) is 18.0 Å². The van der Waals surface area contributed by atoms with Gasteiger partial charge in [0.05, 0.1) is 18.4 Å². The quantitative estimate of drug-likeness (QED) is 0.722. The number of hydrogen-bond acceptors (Lipinski definition) is 4. The predicted octanol–water partition coefficient (Wildman–Crippen LogP) is 2.62. The molecular weight excluding hydrogens is 269 g/mol. The minimum atomic E-state index is -0.348. The molecule has 0 aliphatic rings. The monoisotopic (exact) mass is 277 g/mol. The fourth-order valence-electron chi connectivity index (χ4n) is 1.91. The lowest BCUT2D eigenvalue weighted by Crippen LogP contribution is -2.11. The molecule has 0 N–H and O–H groups in total. The Morgan fingerprint density at radius 3 is 2.95 bits per heavy atom. The van der Waals surface area contributed by atoms with Crippen molar-refractivity contribution in [2.75, 3.05) is 0 Å². The number of hydrogen-bond donors (Lipinski definition) is 0. The van der Waals surface area contributed by atoms with Crippen molar-refractivity contribution >= 4 is 22.8 Å². The molecule has 1 atom stereocenters. The highest BCUT2D eigenvalue weighted by atomic mass is 35.5. The van der Waals surface area contributed by atoms with Crippen LogP contribution in [0, 0.1) is 5.82 Å². The van der Waals surface area contributed by atoms with Gasteiger partial charge in [0.2, 0.25) is 0 Å². The Labute approximate surface area is 113 Å². The van der Waals surface area contributed by atoms with E-state index in [4.69, 9.17) is 11.6 Å². The average molecular weight is 278 g/mol. The van der Waals surface area contributed by atoms with E-state index in [1.54, 1.807) is 10.9 Å². The summed E-state index contributed by atoms with van der Waals surface area (Å²) in [6.45, 7) is 1.81. The maximum absolute atomic E-state index is 13.8. The molecule has 3 aromatic rings. The van der Waals surface area contributed by atoms with Crippen molar-refractivity contribution in [1.29, 1.82) is 0 Å². The molecule has 0 aromatic carbocycles. The lowest BCUT2D eigenvalue weighted by molar-refractivity contribution is 0.527. The lowest BCUT2D eigenvalue weighted by atomic mass is 10.1. The normalized spacial score (nSPS) is 12.8. The fraction of sp³-hybridized carbons (Fsp3) is 0.167. The standard InChI is InChI=1S/C12H9ClFN5/c1-7(8-4-15-3-2-9(8)14)19-12-10(5-17-19)16-6-11(13)18-12/h2-7H,1H3. The van der Waals surface area contributed by atoms with Crippen molar-refractivity contribution in [1.82, 2.24) is 24.7 Å². The fourth-order valence-corrected chi connectivity index (χ4v) is 2.04. The van der Waals surface area contributed by atoms with Gasteiger partial charge in [0.15, 0.2) is 5.65 Å². The van der Waals surface area contributed by atoms with E-state index in [9.17, 15) is 4.39 Å². The number of nitrogens with zero attached hydrogens (tertiary/aromatic N) is 5. The maximum Gasteiger partial charge on any atom is 0.178 e. The van der Waals surface area contributed by atoms with Gasteiger partial charge in [-0.1, -0.05) is 11.6 Å². The molecule has 0 fully saturated rings. The first kappa shape index (κ1) is 12.0. The van der Waals surface area contributed by atoms with E-state index in [0.717, 1.165) is 0 Å². The SMILES string of the molecule is CC(c1cnccc1F)n1ncc2ncc(Cl)nc21. The topological polar surface area (TPSA) is 56.5 Å². The molecule has 0 aliphatic carbocycles. The number of pyridine rings is 1. The van der Waals surface area contributed by atoms with Crippen molar-refractivity contribution in [3.05, 3.63) is 47.4 Å². The van der Waals surface area contributed by atoms with Crippen molar-refractivity contribution < 1.29 is 4.39 Å². The average Bonchev–Trinajstić information content (AvgIpc) is 2.81. The molecular formula is C12H9ClFN5. The maximum atomic E-state index is 13.8. The minimum absolute atomic E-state index is 0.271. The molecule has 3 heterocycles. The largest absolute Gasteiger partial charge is 0.264 e. The molecule has 0 saturated carbocycles. The molecule has 3 rings (SSSR count). The summed E-state index contributed by atoms with van der Waals surface area (Å²) in [7, 11) is 0. The van der Waals surface area contributed by atoms with E-state index >= 15 is 0 Å². The van der Waals surface area contributed by atoms with Gasteiger partial charge in [-0.15, -0.1) is 0 Å². The van der Waals surface area contributed by atoms with E-state index in [1.165, 1.54) is 24.7 Å². The van der Waals surface area contributed by atoms with Crippen LogP contribution in [0.15, 0.2) is 30.9 Å². The van der Waals surface area contributed by atoms with Crippen LogP contribution in [0.3, 0.4) is 0 Å². The van der Waals surface area contributed by atoms with E-state index in [1.807, 2.05) is 6.92 Å². The zero-order valence-corrected chi connectivity index (χ0v) is 10.7. The summed E-state index contributed by atoms with van der Waals surface area (Å²) < 4.78 is 15.3. The highest BCUT2D eigenvalue weighted by Gasteiger charge is 2.17. The highest BCUT2D eigenvalue weighted by molar-refractivity contribution is 6.29. The number of aromatic nitrogens is 5. The van der Waals surface area contributed by atoms with Crippen LogP contribution in [0.1, 0.15) is 18.5 Å². The molecule has 7 heteroatoms. The summed E-state index contributed by atoms with van der Waals surface area (Å²) in [5.41, 5.74) is 1.57. The van der Waals surface area contributed by atoms with E-state index in [-0.39, 0.29) is 17.0 Å². The van der Waals surface area contributed by atoms with Gasteiger partial charge in [-0.2, -0.15) is 5.10 Å². The number of rotatable bonds is 2. The van der Waals surface area contributed by atoms with Crippen LogP contribution < -0.4 is 0 Å². The first-order valence-electron chi connectivity index (χ1n) is 5.62. The van der Waals surface area contributed by atoms with E-state index in [0.29, 0.717) is 16.7 Å². The lowest BCUT2D eigenvalue weighted by Gasteiger charge is -2.13. The van der Waals surface area contributed by atoms with Crippen LogP contribution in [-0.2, 0) is 0 Å². The smallest absolute Gasteiger partial charge is 0.178 e. The van der Waals surface area contributed by atoms with Gasteiger partial charge in [0.25, 0.3) is 0 Å². The molecule has 0 bridgehead atoms. The third-order valence-electron chi connectivity index (χ3n) is 2.89. The van der Waals surface area contributed by atoms with Crippen LogP contribution >= 0.6 is 11.6 Å². The van der Waals surface area contributed by atoms with Gasteiger partial charge < -0.3 is 0 Å². The number of fused-ring (bicyclic) bond motifs is 1. The summed E-state index contributed by atoms with van der Waals surface area (Å²) in [6.07, 6.45) is 5.91. The van der Waals surface area contributed by atoms with Crippen LogP contribution in [0.2, 0.25) is 5.15 Å². The van der Waals surface area contributed by atoms with Crippen molar-refractivity contribution in [2.45, 2.75) is 13.0 Å². The first-order chi connectivity index (χ1) is 9.16. The Bertz CT molecular complexity index is 742. The third kappa shape index (κ3) is 2.04. The Morgan fingerprint density at radius 1 is 1.32 bits per heavy atom. The highest BCUT2D eigenvalue weighted by Crippen LogP contribution is 2.23. The van der Waals surface area contributed by atoms with Gasteiger partial charge in [-0.05, 0) is 13.0 Å². The molecule has 19 heavy (non-hydrogen) atoms. The Balaban J connectivity index is 2.14. The molecule has 96 valence electrons. The van der Waals surface area contributed by atoms with Gasteiger partial charge in [-0.3, -0.25) is 4.98 Å². The predicted molar refractivity (Wildman–Crippen MR) is 68.3 cm³/mol. The zero-order chi connectivity index (χ0) is 13.4. The van der Waals surface area contributed by atoms with Gasteiger partial charge in [-0.25, -0.2) is 19.0 Å². The van der Waals surface area contributed by atoms with Crippen LogP contribution in [0.25, 0.3) is 11.2 Å². The molecule has 0 spiro atoms.